The molecule has 1 fully saturated rings. The van der Waals surface area contributed by atoms with Crippen LogP contribution in [0.2, 0.25) is 0 Å². The van der Waals surface area contributed by atoms with E-state index < -0.39 is 0 Å². The van der Waals surface area contributed by atoms with E-state index in [4.69, 9.17) is 0 Å². The van der Waals surface area contributed by atoms with Crippen molar-refractivity contribution in [2.45, 2.75) is 31.8 Å². The minimum atomic E-state index is 0.184. The molecule has 0 unspecified atom stereocenters. The van der Waals surface area contributed by atoms with Gasteiger partial charge in [-0.1, -0.05) is 30.3 Å². The van der Waals surface area contributed by atoms with Gasteiger partial charge in [-0.25, -0.2) is 4.98 Å². The molecule has 1 aromatic carbocycles. The van der Waals surface area contributed by atoms with Crippen molar-refractivity contribution in [3.8, 4) is 10.6 Å². The summed E-state index contributed by atoms with van der Waals surface area (Å²) in [5, 5.41) is 7.16. The van der Waals surface area contributed by atoms with Crippen molar-refractivity contribution in [1.82, 2.24) is 9.88 Å². The third kappa shape index (κ3) is 3.57. The Balaban J connectivity index is 1.45. The SMILES string of the molecule is O=C(Cc1csc(-c2ccsc2)n1)N(Cc1ccccc1)C1CC1. The third-order valence-corrected chi connectivity index (χ3v) is 5.78. The van der Waals surface area contributed by atoms with Crippen LogP contribution in [-0.4, -0.2) is 21.8 Å². The maximum atomic E-state index is 12.8. The Kier molecular flexibility index (Phi) is 4.45. The van der Waals surface area contributed by atoms with Crippen molar-refractivity contribution in [3.05, 3.63) is 63.8 Å². The molecule has 1 amide bonds. The molecule has 0 atom stereocenters. The second-order valence-electron chi connectivity index (χ2n) is 6.07. The highest BCUT2D eigenvalue weighted by Crippen LogP contribution is 2.30. The fourth-order valence-corrected chi connectivity index (χ4v) is 4.28. The van der Waals surface area contributed by atoms with Gasteiger partial charge in [0.25, 0.3) is 0 Å². The average Bonchev–Trinajstić information content (AvgIpc) is 3.09. The molecule has 1 aliphatic rings. The maximum absolute atomic E-state index is 12.8. The molecule has 1 aliphatic carbocycles. The van der Waals surface area contributed by atoms with Gasteiger partial charge in [-0.3, -0.25) is 4.79 Å². The first kappa shape index (κ1) is 15.5. The largest absolute Gasteiger partial charge is 0.335 e. The number of rotatable bonds is 6. The topological polar surface area (TPSA) is 33.2 Å². The number of nitrogens with zero attached hydrogens (tertiary/aromatic N) is 2. The Hall–Kier alpha value is -1.98. The van der Waals surface area contributed by atoms with Crippen molar-refractivity contribution >= 4 is 28.6 Å². The molecule has 0 spiro atoms. The third-order valence-electron chi connectivity index (χ3n) is 4.16. The number of carbonyl (C=O) groups excluding carboxylic acids is 1. The maximum Gasteiger partial charge on any atom is 0.229 e. The van der Waals surface area contributed by atoms with E-state index >= 15 is 0 Å². The Morgan fingerprint density at radius 2 is 2.00 bits per heavy atom. The summed E-state index contributed by atoms with van der Waals surface area (Å²) in [6.07, 6.45) is 2.63. The highest BCUT2D eigenvalue weighted by Gasteiger charge is 2.32. The first-order chi connectivity index (χ1) is 11.8. The predicted octanol–water partition coefficient (Wildman–Crippen LogP) is 4.61. The van der Waals surface area contributed by atoms with Gasteiger partial charge < -0.3 is 4.90 Å². The van der Waals surface area contributed by atoms with Gasteiger partial charge in [0.1, 0.15) is 5.01 Å². The second kappa shape index (κ2) is 6.87. The number of thiazole rings is 1. The number of hydrogen-bond acceptors (Lipinski definition) is 4. The van der Waals surface area contributed by atoms with Crippen molar-refractivity contribution < 1.29 is 4.79 Å². The molecule has 3 aromatic rings. The summed E-state index contributed by atoms with van der Waals surface area (Å²) in [5.41, 5.74) is 3.21. The molecule has 2 heterocycles. The van der Waals surface area contributed by atoms with E-state index in [1.165, 1.54) is 5.56 Å². The highest BCUT2D eigenvalue weighted by molar-refractivity contribution is 7.14. The molecular weight excluding hydrogens is 336 g/mol. The molecule has 122 valence electrons. The molecule has 3 nitrogen and oxygen atoms in total. The van der Waals surface area contributed by atoms with E-state index in [1.807, 2.05) is 28.5 Å². The summed E-state index contributed by atoms with van der Waals surface area (Å²) >= 11 is 3.28. The van der Waals surface area contributed by atoms with Crippen LogP contribution in [0.5, 0.6) is 0 Å². The quantitative estimate of drug-likeness (QED) is 0.648. The zero-order chi connectivity index (χ0) is 16.4. The molecule has 0 radical (unpaired) electrons. The predicted molar refractivity (Wildman–Crippen MR) is 99.1 cm³/mol. The van der Waals surface area contributed by atoms with Crippen LogP contribution in [0.25, 0.3) is 10.6 Å². The normalized spacial score (nSPS) is 13.8. The standard InChI is InChI=1S/C19H18N2OS2/c22-18(10-16-13-24-19(20-16)15-8-9-23-12-15)21(17-6-7-17)11-14-4-2-1-3-5-14/h1-5,8-9,12-13,17H,6-7,10-11H2. The van der Waals surface area contributed by atoms with Crippen LogP contribution >= 0.6 is 22.7 Å². The van der Waals surface area contributed by atoms with Gasteiger partial charge in [-0.2, -0.15) is 11.3 Å². The van der Waals surface area contributed by atoms with Crippen LogP contribution in [0.3, 0.4) is 0 Å². The molecule has 0 N–H and O–H groups in total. The van der Waals surface area contributed by atoms with Gasteiger partial charge >= 0.3 is 0 Å². The van der Waals surface area contributed by atoms with Crippen molar-refractivity contribution in [2.75, 3.05) is 0 Å². The van der Waals surface area contributed by atoms with E-state index in [9.17, 15) is 4.79 Å². The zero-order valence-electron chi connectivity index (χ0n) is 13.2. The first-order valence-corrected chi connectivity index (χ1v) is 9.92. The Labute approximate surface area is 149 Å². The molecule has 5 heteroatoms. The first-order valence-electron chi connectivity index (χ1n) is 8.10. The van der Waals surface area contributed by atoms with E-state index in [-0.39, 0.29) is 5.91 Å². The van der Waals surface area contributed by atoms with Crippen molar-refractivity contribution in [1.29, 1.82) is 0 Å². The summed E-state index contributed by atoms with van der Waals surface area (Å²) < 4.78 is 0. The number of benzene rings is 1. The number of thiophene rings is 1. The van der Waals surface area contributed by atoms with Crippen molar-refractivity contribution in [2.24, 2.45) is 0 Å². The molecule has 0 bridgehead atoms. The number of amides is 1. The van der Waals surface area contributed by atoms with Crippen LogP contribution in [0.1, 0.15) is 24.1 Å². The van der Waals surface area contributed by atoms with Gasteiger partial charge in [0.2, 0.25) is 5.91 Å². The smallest absolute Gasteiger partial charge is 0.229 e. The molecule has 1 saturated carbocycles. The Morgan fingerprint density at radius 1 is 1.17 bits per heavy atom. The summed E-state index contributed by atoms with van der Waals surface area (Å²) in [5.74, 6) is 0.184. The van der Waals surface area contributed by atoms with Gasteiger partial charge in [0.15, 0.2) is 0 Å². The minimum Gasteiger partial charge on any atom is -0.335 e. The Bertz CT molecular complexity index is 807. The summed E-state index contributed by atoms with van der Waals surface area (Å²) in [7, 11) is 0. The molecule has 2 aromatic heterocycles. The zero-order valence-corrected chi connectivity index (χ0v) is 14.9. The van der Waals surface area contributed by atoms with E-state index in [1.54, 1.807) is 22.7 Å². The molecule has 24 heavy (non-hydrogen) atoms. The molecule has 0 saturated heterocycles. The summed E-state index contributed by atoms with van der Waals surface area (Å²) in [6, 6.07) is 12.7. The fraction of sp³-hybridized carbons (Fsp3) is 0.263. The number of aromatic nitrogens is 1. The Morgan fingerprint density at radius 3 is 2.71 bits per heavy atom. The van der Waals surface area contributed by atoms with Crippen molar-refractivity contribution in [3.63, 3.8) is 0 Å². The summed E-state index contributed by atoms with van der Waals surface area (Å²) in [6.45, 7) is 0.700. The number of carbonyl (C=O) groups is 1. The molecular formula is C19H18N2OS2. The van der Waals surface area contributed by atoms with E-state index in [2.05, 4.69) is 33.9 Å². The second-order valence-corrected chi connectivity index (χ2v) is 7.71. The van der Waals surface area contributed by atoms with E-state index in [0.717, 1.165) is 29.1 Å². The highest BCUT2D eigenvalue weighted by atomic mass is 32.1. The van der Waals surface area contributed by atoms with Gasteiger partial charge in [-0.05, 0) is 29.9 Å². The molecule has 0 aliphatic heterocycles. The lowest BCUT2D eigenvalue weighted by molar-refractivity contribution is -0.131. The van der Waals surface area contributed by atoms with Gasteiger partial charge in [-0.15, -0.1) is 11.3 Å². The van der Waals surface area contributed by atoms with E-state index in [0.29, 0.717) is 19.0 Å². The minimum absolute atomic E-state index is 0.184. The summed E-state index contributed by atoms with van der Waals surface area (Å²) in [4.78, 5) is 19.5. The van der Waals surface area contributed by atoms with Crippen LogP contribution in [0.4, 0.5) is 0 Å². The van der Waals surface area contributed by atoms with Crippen LogP contribution in [0, 0.1) is 0 Å². The lowest BCUT2D eigenvalue weighted by Gasteiger charge is -2.22. The monoisotopic (exact) mass is 354 g/mol. The van der Waals surface area contributed by atoms with Crippen LogP contribution in [0.15, 0.2) is 52.5 Å². The lowest BCUT2D eigenvalue weighted by atomic mass is 10.2. The fourth-order valence-electron chi connectivity index (χ4n) is 2.75. The van der Waals surface area contributed by atoms with Crippen LogP contribution in [-0.2, 0) is 17.8 Å². The number of hydrogen-bond donors (Lipinski definition) is 0. The van der Waals surface area contributed by atoms with Gasteiger partial charge in [0, 0.05) is 28.9 Å². The van der Waals surface area contributed by atoms with Gasteiger partial charge in [0.05, 0.1) is 12.1 Å². The molecule has 4 rings (SSSR count). The van der Waals surface area contributed by atoms with Crippen LogP contribution < -0.4 is 0 Å². The average molecular weight is 355 g/mol. The lowest BCUT2D eigenvalue weighted by Crippen LogP contribution is -2.33.